The molecule has 3 heterocycles. The summed E-state index contributed by atoms with van der Waals surface area (Å²) in [5.74, 6) is -0.233. The molecule has 1 aromatic rings. The summed E-state index contributed by atoms with van der Waals surface area (Å²) in [4.78, 5) is 27.0. The smallest absolute Gasteiger partial charge is 0.308 e. The number of furan rings is 1. The number of hydrogen-bond acceptors (Lipinski definition) is 6. The highest BCUT2D eigenvalue weighted by molar-refractivity contribution is 6.24. The molecule has 1 aromatic heterocycles. The first-order valence-corrected chi connectivity index (χ1v) is 10.4. The number of rotatable bonds is 5. The Hall–Kier alpha value is -2.77. The average Bonchev–Trinajstić information content (AvgIpc) is 3.45. The van der Waals surface area contributed by atoms with Crippen LogP contribution in [0.1, 0.15) is 51.2 Å². The van der Waals surface area contributed by atoms with Crippen molar-refractivity contribution in [3.63, 3.8) is 0 Å². The number of anilines is 1. The van der Waals surface area contributed by atoms with Crippen molar-refractivity contribution in [1.29, 1.82) is 0 Å². The number of carboxylic acids is 1. The minimum atomic E-state index is -0.880. The second kappa shape index (κ2) is 8.31. The fourth-order valence-electron chi connectivity index (χ4n) is 4.37. The molecule has 2 fully saturated rings. The van der Waals surface area contributed by atoms with E-state index in [1.165, 1.54) is 5.01 Å². The number of aliphatic carboxylic acids is 1. The molecule has 1 saturated carbocycles. The topological polar surface area (TPSA) is 95.6 Å². The van der Waals surface area contributed by atoms with Gasteiger partial charge >= 0.3 is 5.97 Å². The molecule has 1 amide bonds. The predicted octanol–water partition coefficient (Wildman–Crippen LogP) is 3.10. The second-order valence-corrected chi connectivity index (χ2v) is 7.71. The lowest BCUT2D eigenvalue weighted by molar-refractivity contribution is -0.147. The molecule has 0 radical (unpaired) electrons. The number of carboxylic acid groups (broad SMARTS) is 1. The van der Waals surface area contributed by atoms with Crippen LogP contribution in [0.25, 0.3) is 6.08 Å². The third kappa shape index (κ3) is 3.88. The summed E-state index contributed by atoms with van der Waals surface area (Å²) < 4.78 is 11.5. The van der Waals surface area contributed by atoms with E-state index < -0.39 is 17.9 Å². The minimum absolute atomic E-state index is 0.228. The Bertz CT molecular complexity index is 837. The molecule has 4 rings (SSSR count). The average molecular weight is 401 g/mol. The van der Waals surface area contributed by atoms with Crippen LogP contribution in [-0.4, -0.2) is 53.6 Å². The highest BCUT2D eigenvalue weighted by atomic mass is 16.5. The molecule has 0 bridgehead atoms. The van der Waals surface area contributed by atoms with Crippen LogP contribution in [0.4, 0.5) is 5.88 Å². The van der Waals surface area contributed by atoms with E-state index in [1.54, 1.807) is 6.08 Å². The zero-order chi connectivity index (χ0) is 20.4. The number of carbonyl (C=O) groups excluding carboxylic acids is 1. The molecule has 0 spiro atoms. The Kier molecular flexibility index (Phi) is 5.60. The molecule has 29 heavy (non-hydrogen) atoms. The van der Waals surface area contributed by atoms with Gasteiger partial charge in [-0.2, -0.15) is 0 Å². The molecule has 2 aliphatic heterocycles. The maximum atomic E-state index is 13.1. The van der Waals surface area contributed by atoms with Gasteiger partial charge in [0, 0.05) is 19.2 Å². The second-order valence-electron chi connectivity index (χ2n) is 7.71. The van der Waals surface area contributed by atoms with Crippen molar-refractivity contribution >= 4 is 29.7 Å². The number of carbonyl (C=O) groups is 2. The van der Waals surface area contributed by atoms with E-state index in [-0.39, 0.29) is 11.8 Å². The number of ether oxygens (including phenoxy) is 1. The monoisotopic (exact) mass is 401 g/mol. The molecule has 8 nitrogen and oxygen atoms in total. The van der Waals surface area contributed by atoms with Crippen LogP contribution in [0.2, 0.25) is 0 Å². The summed E-state index contributed by atoms with van der Waals surface area (Å²) in [6, 6.07) is 3.29. The molecule has 1 N–H and O–H groups in total. The quantitative estimate of drug-likeness (QED) is 0.762. The third-order valence-electron chi connectivity index (χ3n) is 5.83. The van der Waals surface area contributed by atoms with Crippen LogP contribution in [0, 0.1) is 5.92 Å². The minimum Gasteiger partial charge on any atom is -0.481 e. The largest absolute Gasteiger partial charge is 0.481 e. The molecular weight excluding hydrogens is 374 g/mol. The molecule has 8 heteroatoms. The van der Waals surface area contributed by atoms with E-state index in [0.29, 0.717) is 30.8 Å². The van der Waals surface area contributed by atoms with Gasteiger partial charge in [-0.3, -0.25) is 9.59 Å². The summed E-state index contributed by atoms with van der Waals surface area (Å²) in [5.41, 5.74) is 0.309. The molecule has 0 aromatic carbocycles. The van der Waals surface area contributed by atoms with Crippen LogP contribution in [0.3, 0.4) is 0 Å². The van der Waals surface area contributed by atoms with E-state index in [9.17, 15) is 14.7 Å². The lowest BCUT2D eigenvalue weighted by Crippen LogP contribution is -2.44. The molecule has 156 valence electrons. The summed E-state index contributed by atoms with van der Waals surface area (Å²) in [6.07, 6.45) is 6.86. The summed E-state index contributed by atoms with van der Waals surface area (Å²) in [5, 5.41) is 15.3. The van der Waals surface area contributed by atoms with Crippen molar-refractivity contribution in [3.8, 4) is 0 Å². The maximum Gasteiger partial charge on any atom is 0.308 e. The van der Waals surface area contributed by atoms with Gasteiger partial charge in [0.1, 0.15) is 11.3 Å². The van der Waals surface area contributed by atoms with Crippen molar-refractivity contribution in [2.24, 2.45) is 11.0 Å². The fraction of sp³-hybridized carbons (Fsp3) is 0.571. The van der Waals surface area contributed by atoms with Crippen molar-refractivity contribution in [2.75, 3.05) is 24.6 Å². The van der Waals surface area contributed by atoms with Gasteiger partial charge in [-0.25, -0.2) is 5.01 Å². The van der Waals surface area contributed by atoms with Gasteiger partial charge in [0.25, 0.3) is 5.91 Å². The molecule has 3 aliphatic rings. The Morgan fingerprint density at radius 1 is 1.28 bits per heavy atom. The standard InChI is InChI=1S/C21H27N3O5/c1-2-28-19-16(13-14-9-10-18(29-14)23-11-5-6-12-23)20(25)24(22-19)17-8-4-3-7-15(17)21(26)27/h9-10,13,15,17H,2-8,11-12H2,1H3,(H,26,27). The van der Waals surface area contributed by atoms with Gasteiger partial charge < -0.3 is 19.2 Å². The molecule has 2 unspecified atom stereocenters. The van der Waals surface area contributed by atoms with Crippen LogP contribution in [0.15, 0.2) is 27.2 Å². The number of nitrogens with zero attached hydrogens (tertiary/aromatic N) is 3. The lowest BCUT2D eigenvalue weighted by Gasteiger charge is -2.32. The van der Waals surface area contributed by atoms with Gasteiger partial charge in [-0.05, 0) is 44.7 Å². The van der Waals surface area contributed by atoms with Crippen LogP contribution < -0.4 is 4.90 Å². The van der Waals surface area contributed by atoms with Crippen LogP contribution >= 0.6 is 0 Å². The highest BCUT2D eigenvalue weighted by Crippen LogP contribution is 2.33. The van der Waals surface area contributed by atoms with E-state index in [2.05, 4.69) is 10.0 Å². The SMILES string of the molecule is CCOC1=NN(C2CCCCC2C(=O)O)C(=O)C1=Cc1ccc(N2CCCC2)o1. The van der Waals surface area contributed by atoms with E-state index in [1.807, 2.05) is 19.1 Å². The summed E-state index contributed by atoms with van der Waals surface area (Å²) in [6.45, 7) is 4.13. The van der Waals surface area contributed by atoms with Gasteiger partial charge in [0.2, 0.25) is 5.90 Å². The van der Waals surface area contributed by atoms with Gasteiger partial charge in [0.05, 0.1) is 18.6 Å². The number of hydrazone groups is 1. The molecule has 1 aliphatic carbocycles. The molecular formula is C21H27N3O5. The van der Waals surface area contributed by atoms with Crippen molar-refractivity contribution in [3.05, 3.63) is 23.5 Å². The van der Waals surface area contributed by atoms with E-state index >= 15 is 0 Å². The Balaban J connectivity index is 1.60. The summed E-state index contributed by atoms with van der Waals surface area (Å²) in [7, 11) is 0. The first-order chi connectivity index (χ1) is 14.1. The molecule has 1 saturated heterocycles. The predicted molar refractivity (Wildman–Crippen MR) is 107 cm³/mol. The summed E-state index contributed by atoms with van der Waals surface area (Å²) >= 11 is 0. The van der Waals surface area contributed by atoms with Crippen molar-refractivity contribution in [2.45, 2.75) is 51.5 Å². The van der Waals surface area contributed by atoms with Crippen LogP contribution in [-0.2, 0) is 14.3 Å². The van der Waals surface area contributed by atoms with Crippen molar-refractivity contribution in [1.82, 2.24) is 5.01 Å². The normalized spacial score (nSPS) is 26.3. The first kappa shape index (κ1) is 19.5. The maximum absolute atomic E-state index is 13.1. The lowest BCUT2D eigenvalue weighted by atomic mass is 9.84. The zero-order valence-electron chi connectivity index (χ0n) is 16.7. The van der Waals surface area contributed by atoms with Gasteiger partial charge in [0.15, 0.2) is 5.88 Å². The molecule has 2 atom stereocenters. The van der Waals surface area contributed by atoms with Gasteiger partial charge in [-0.15, -0.1) is 5.10 Å². The number of hydrogen-bond donors (Lipinski definition) is 1. The van der Waals surface area contributed by atoms with Crippen molar-refractivity contribution < 1.29 is 23.8 Å². The Morgan fingerprint density at radius 2 is 2.03 bits per heavy atom. The van der Waals surface area contributed by atoms with E-state index in [4.69, 9.17) is 9.15 Å². The Morgan fingerprint density at radius 3 is 2.76 bits per heavy atom. The first-order valence-electron chi connectivity index (χ1n) is 10.4. The van der Waals surface area contributed by atoms with Crippen LogP contribution in [0.5, 0.6) is 0 Å². The van der Waals surface area contributed by atoms with E-state index in [0.717, 1.165) is 44.7 Å². The highest BCUT2D eigenvalue weighted by Gasteiger charge is 2.43. The fourth-order valence-corrected chi connectivity index (χ4v) is 4.37. The zero-order valence-corrected chi connectivity index (χ0v) is 16.7. The van der Waals surface area contributed by atoms with Gasteiger partial charge in [-0.1, -0.05) is 12.8 Å². The third-order valence-corrected chi connectivity index (χ3v) is 5.83. The Labute approximate surface area is 169 Å². The number of amides is 1.